The highest BCUT2D eigenvalue weighted by Gasteiger charge is 2.08. The number of pyridine rings is 1. The normalized spacial score (nSPS) is 10.8. The van der Waals surface area contributed by atoms with E-state index in [1.54, 1.807) is 30.6 Å². The van der Waals surface area contributed by atoms with Crippen molar-refractivity contribution in [3.8, 4) is 5.75 Å². The molecule has 3 aromatic rings. The van der Waals surface area contributed by atoms with Gasteiger partial charge in [-0.2, -0.15) is 0 Å². The first-order valence-corrected chi connectivity index (χ1v) is 7.91. The standard InChI is InChI=1S/C21H15F2NO2/c22-18-9-7-17(12-19(18)23)20(25)10-8-16-5-1-2-6-21(16)26-14-15-4-3-11-24-13-15/h1-13H,14H2/b10-8-. The molecule has 0 bridgehead atoms. The Morgan fingerprint density at radius 1 is 1.04 bits per heavy atom. The van der Waals surface area contributed by atoms with Crippen molar-refractivity contribution < 1.29 is 18.3 Å². The lowest BCUT2D eigenvalue weighted by Crippen LogP contribution is -1.98. The lowest BCUT2D eigenvalue weighted by molar-refractivity contribution is 0.104. The summed E-state index contributed by atoms with van der Waals surface area (Å²) < 4.78 is 32.0. The maximum absolute atomic E-state index is 13.3. The van der Waals surface area contributed by atoms with Gasteiger partial charge in [-0.05, 0) is 42.5 Å². The molecule has 1 aromatic heterocycles. The van der Waals surface area contributed by atoms with Gasteiger partial charge >= 0.3 is 0 Å². The largest absolute Gasteiger partial charge is 0.488 e. The van der Waals surface area contributed by atoms with Crippen LogP contribution in [-0.4, -0.2) is 10.8 Å². The van der Waals surface area contributed by atoms with E-state index in [9.17, 15) is 13.6 Å². The van der Waals surface area contributed by atoms with Crippen LogP contribution in [0.5, 0.6) is 5.75 Å². The minimum Gasteiger partial charge on any atom is -0.488 e. The Bertz CT molecular complexity index is 940. The van der Waals surface area contributed by atoms with Crippen molar-refractivity contribution in [1.29, 1.82) is 0 Å². The van der Waals surface area contributed by atoms with E-state index in [1.807, 2.05) is 24.3 Å². The van der Waals surface area contributed by atoms with Crippen LogP contribution in [0.3, 0.4) is 0 Å². The third kappa shape index (κ3) is 4.39. The SMILES string of the molecule is O=C(/C=C\c1ccccc1OCc1cccnc1)c1ccc(F)c(F)c1. The summed E-state index contributed by atoms with van der Waals surface area (Å²) in [6.07, 6.45) is 6.29. The summed E-state index contributed by atoms with van der Waals surface area (Å²) in [5.41, 5.74) is 1.70. The second-order valence-corrected chi connectivity index (χ2v) is 5.51. The van der Waals surface area contributed by atoms with Crippen molar-refractivity contribution in [1.82, 2.24) is 4.98 Å². The molecule has 0 spiro atoms. The Morgan fingerprint density at radius 2 is 1.88 bits per heavy atom. The van der Waals surface area contributed by atoms with Gasteiger partial charge in [-0.3, -0.25) is 9.78 Å². The van der Waals surface area contributed by atoms with Gasteiger partial charge in [-0.25, -0.2) is 8.78 Å². The quantitative estimate of drug-likeness (QED) is 0.471. The number of halogens is 2. The molecule has 3 rings (SSSR count). The van der Waals surface area contributed by atoms with E-state index in [2.05, 4.69) is 4.98 Å². The average molecular weight is 351 g/mol. The molecule has 3 nitrogen and oxygen atoms in total. The highest BCUT2D eigenvalue weighted by Crippen LogP contribution is 2.21. The minimum absolute atomic E-state index is 0.0777. The van der Waals surface area contributed by atoms with E-state index < -0.39 is 17.4 Å². The third-order valence-electron chi connectivity index (χ3n) is 3.65. The molecule has 2 aromatic carbocycles. The first-order valence-electron chi connectivity index (χ1n) is 7.91. The van der Waals surface area contributed by atoms with Crippen LogP contribution in [0.2, 0.25) is 0 Å². The van der Waals surface area contributed by atoms with Crippen molar-refractivity contribution in [3.63, 3.8) is 0 Å². The summed E-state index contributed by atoms with van der Waals surface area (Å²) in [6.45, 7) is 0.343. The molecule has 5 heteroatoms. The number of carbonyl (C=O) groups is 1. The Hall–Kier alpha value is -3.34. The smallest absolute Gasteiger partial charge is 0.185 e. The number of rotatable bonds is 6. The molecule has 0 amide bonds. The van der Waals surface area contributed by atoms with Gasteiger partial charge in [-0.15, -0.1) is 0 Å². The second-order valence-electron chi connectivity index (χ2n) is 5.51. The summed E-state index contributed by atoms with van der Waals surface area (Å²) in [4.78, 5) is 16.2. The number of allylic oxidation sites excluding steroid dienone is 1. The maximum atomic E-state index is 13.3. The van der Waals surface area contributed by atoms with Gasteiger partial charge in [-0.1, -0.05) is 24.3 Å². The van der Waals surface area contributed by atoms with Gasteiger partial charge in [0.05, 0.1) is 0 Å². The fraction of sp³-hybridized carbons (Fsp3) is 0.0476. The van der Waals surface area contributed by atoms with Crippen LogP contribution in [0.4, 0.5) is 8.78 Å². The highest BCUT2D eigenvalue weighted by molar-refractivity contribution is 6.06. The summed E-state index contributed by atoms with van der Waals surface area (Å²) in [7, 11) is 0. The highest BCUT2D eigenvalue weighted by atomic mass is 19.2. The van der Waals surface area contributed by atoms with Crippen LogP contribution < -0.4 is 4.74 Å². The lowest BCUT2D eigenvalue weighted by Gasteiger charge is -2.09. The van der Waals surface area contributed by atoms with E-state index >= 15 is 0 Å². The van der Waals surface area contributed by atoms with Crippen molar-refractivity contribution in [2.24, 2.45) is 0 Å². The molecule has 0 saturated carbocycles. The molecule has 0 atom stereocenters. The number of hydrogen-bond donors (Lipinski definition) is 0. The topological polar surface area (TPSA) is 39.2 Å². The fourth-order valence-corrected chi connectivity index (χ4v) is 2.31. The van der Waals surface area contributed by atoms with E-state index in [0.29, 0.717) is 17.9 Å². The molecule has 26 heavy (non-hydrogen) atoms. The van der Waals surface area contributed by atoms with Crippen LogP contribution in [0.1, 0.15) is 21.5 Å². The van der Waals surface area contributed by atoms with Gasteiger partial charge in [0, 0.05) is 29.1 Å². The van der Waals surface area contributed by atoms with E-state index in [4.69, 9.17) is 4.74 Å². The van der Waals surface area contributed by atoms with Crippen LogP contribution in [0, 0.1) is 11.6 Å². The van der Waals surface area contributed by atoms with E-state index in [-0.39, 0.29) is 5.56 Å². The number of carbonyl (C=O) groups excluding carboxylic acids is 1. The zero-order valence-corrected chi connectivity index (χ0v) is 13.7. The van der Waals surface area contributed by atoms with Crippen molar-refractivity contribution in [3.05, 3.63) is 101 Å². The maximum Gasteiger partial charge on any atom is 0.185 e. The average Bonchev–Trinajstić information content (AvgIpc) is 2.68. The van der Waals surface area contributed by atoms with E-state index in [1.165, 1.54) is 12.1 Å². The molecule has 0 aliphatic heterocycles. The predicted molar refractivity (Wildman–Crippen MR) is 94.7 cm³/mol. The number of aromatic nitrogens is 1. The molecule has 0 fully saturated rings. The molecule has 0 aliphatic carbocycles. The van der Waals surface area contributed by atoms with Crippen LogP contribution >= 0.6 is 0 Å². The Kier molecular flexibility index (Phi) is 5.49. The molecule has 130 valence electrons. The van der Waals surface area contributed by atoms with Crippen LogP contribution in [-0.2, 0) is 6.61 Å². The van der Waals surface area contributed by atoms with Crippen LogP contribution in [0.15, 0.2) is 73.1 Å². The fourth-order valence-electron chi connectivity index (χ4n) is 2.31. The van der Waals surface area contributed by atoms with Crippen molar-refractivity contribution in [2.45, 2.75) is 6.61 Å². The number of hydrogen-bond acceptors (Lipinski definition) is 3. The van der Waals surface area contributed by atoms with Crippen LogP contribution in [0.25, 0.3) is 6.08 Å². The van der Waals surface area contributed by atoms with Gasteiger partial charge < -0.3 is 4.74 Å². The predicted octanol–water partition coefficient (Wildman–Crippen LogP) is 4.83. The number of benzene rings is 2. The molecular weight excluding hydrogens is 336 g/mol. The van der Waals surface area contributed by atoms with E-state index in [0.717, 1.165) is 17.7 Å². The number of para-hydroxylation sites is 1. The molecule has 0 unspecified atom stereocenters. The summed E-state index contributed by atoms with van der Waals surface area (Å²) >= 11 is 0. The summed E-state index contributed by atoms with van der Waals surface area (Å²) in [5, 5.41) is 0. The molecule has 0 saturated heterocycles. The lowest BCUT2D eigenvalue weighted by atomic mass is 10.1. The van der Waals surface area contributed by atoms with Crippen molar-refractivity contribution in [2.75, 3.05) is 0 Å². The Balaban J connectivity index is 1.73. The van der Waals surface area contributed by atoms with Crippen molar-refractivity contribution >= 4 is 11.9 Å². The molecular formula is C21H15F2NO2. The zero-order chi connectivity index (χ0) is 18.4. The number of ether oxygens (including phenoxy) is 1. The van der Waals surface area contributed by atoms with Gasteiger partial charge in [0.15, 0.2) is 17.4 Å². The molecule has 0 N–H and O–H groups in total. The zero-order valence-electron chi connectivity index (χ0n) is 13.7. The Morgan fingerprint density at radius 3 is 2.65 bits per heavy atom. The molecule has 1 heterocycles. The number of ketones is 1. The second kappa shape index (κ2) is 8.16. The van der Waals surface area contributed by atoms with Gasteiger partial charge in [0.2, 0.25) is 0 Å². The number of nitrogens with zero attached hydrogens (tertiary/aromatic N) is 1. The first-order chi connectivity index (χ1) is 12.6. The van der Waals surface area contributed by atoms with Gasteiger partial charge in [0.25, 0.3) is 0 Å². The Labute approximate surface area is 149 Å². The summed E-state index contributed by atoms with van der Waals surface area (Å²) in [6, 6.07) is 14.0. The third-order valence-corrected chi connectivity index (χ3v) is 3.65. The molecule has 0 radical (unpaired) electrons. The summed E-state index contributed by atoms with van der Waals surface area (Å²) in [5.74, 6) is -1.86. The minimum atomic E-state index is -1.05. The molecule has 0 aliphatic rings. The monoisotopic (exact) mass is 351 g/mol. The van der Waals surface area contributed by atoms with Gasteiger partial charge in [0.1, 0.15) is 12.4 Å². The first kappa shape index (κ1) is 17.5.